The molecule has 0 spiro atoms. The summed E-state index contributed by atoms with van der Waals surface area (Å²) in [5.74, 6) is -0.367. The number of rotatable bonds is 5. The van der Waals surface area contributed by atoms with Crippen molar-refractivity contribution in [1.82, 2.24) is 19.6 Å². The van der Waals surface area contributed by atoms with Crippen LogP contribution in [-0.4, -0.2) is 51.1 Å². The minimum absolute atomic E-state index is 0.0410. The van der Waals surface area contributed by atoms with Gasteiger partial charge in [-0.25, -0.2) is 14.8 Å². The Bertz CT molecular complexity index is 738. The smallest absolute Gasteiger partial charge is 0.362 e. The van der Waals surface area contributed by atoms with Gasteiger partial charge >= 0.3 is 5.97 Å². The standard InChI is InChI=1S/C15H18N6O3S/c1-2-24-14(23)11-13(25-20-19-11)18-12(22)10-5-3-8-21(9-10)15-16-6-4-7-17-15/h4,6-7,10H,2-3,5,8-9H2,1H3,(H,18,22). The number of carbonyl (C=O) groups excluding carboxylic acids is 2. The highest BCUT2D eigenvalue weighted by molar-refractivity contribution is 7.10. The molecule has 0 aromatic carbocycles. The van der Waals surface area contributed by atoms with Gasteiger partial charge in [-0.15, -0.1) is 5.10 Å². The quantitative estimate of drug-likeness (QED) is 0.794. The molecule has 3 rings (SSSR count). The summed E-state index contributed by atoms with van der Waals surface area (Å²) < 4.78 is 8.65. The molecule has 1 N–H and O–H groups in total. The number of hydrogen-bond donors (Lipinski definition) is 1. The largest absolute Gasteiger partial charge is 0.461 e. The molecular formula is C15H18N6O3S. The zero-order chi connectivity index (χ0) is 17.6. The molecule has 0 aliphatic carbocycles. The Labute approximate surface area is 148 Å². The van der Waals surface area contributed by atoms with Gasteiger partial charge in [0.2, 0.25) is 17.5 Å². The number of carbonyl (C=O) groups is 2. The van der Waals surface area contributed by atoms with E-state index in [0.717, 1.165) is 30.9 Å². The molecule has 1 saturated heterocycles. The molecule has 1 amide bonds. The molecule has 9 nitrogen and oxygen atoms in total. The lowest BCUT2D eigenvalue weighted by molar-refractivity contribution is -0.120. The Kier molecular flexibility index (Phi) is 5.49. The molecule has 3 heterocycles. The fourth-order valence-corrected chi connectivity index (χ4v) is 3.21. The van der Waals surface area contributed by atoms with Gasteiger partial charge in [0.05, 0.1) is 12.5 Å². The zero-order valence-corrected chi connectivity index (χ0v) is 14.5. The van der Waals surface area contributed by atoms with Gasteiger partial charge in [0.25, 0.3) is 0 Å². The van der Waals surface area contributed by atoms with Crippen LogP contribution >= 0.6 is 11.5 Å². The second-order valence-corrected chi connectivity index (χ2v) is 6.25. The number of aromatic nitrogens is 4. The van der Waals surface area contributed by atoms with Crippen molar-refractivity contribution >= 4 is 34.4 Å². The molecule has 132 valence electrons. The Balaban J connectivity index is 1.66. The second-order valence-electron chi connectivity index (χ2n) is 5.49. The van der Waals surface area contributed by atoms with Crippen molar-refractivity contribution in [2.24, 2.45) is 5.92 Å². The third-order valence-electron chi connectivity index (χ3n) is 3.82. The van der Waals surface area contributed by atoms with Crippen molar-refractivity contribution in [2.75, 3.05) is 29.9 Å². The van der Waals surface area contributed by atoms with E-state index in [1.807, 2.05) is 4.90 Å². The van der Waals surface area contributed by atoms with Gasteiger partial charge < -0.3 is 15.0 Å². The summed E-state index contributed by atoms with van der Waals surface area (Å²) in [4.78, 5) is 34.9. The Morgan fingerprint density at radius 3 is 2.96 bits per heavy atom. The first-order valence-corrected chi connectivity index (χ1v) is 8.78. The van der Waals surface area contributed by atoms with Gasteiger partial charge in [-0.1, -0.05) is 4.49 Å². The molecule has 25 heavy (non-hydrogen) atoms. The maximum atomic E-state index is 12.6. The summed E-state index contributed by atoms with van der Waals surface area (Å²) in [6.07, 6.45) is 4.99. The van der Waals surface area contributed by atoms with E-state index in [1.165, 1.54) is 0 Å². The molecule has 1 unspecified atom stereocenters. The number of piperidine rings is 1. The minimum Gasteiger partial charge on any atom is -0.461 e. The highest BCUT2D eigenvalue weighted by atomic mass is 32.1. The van der Waals surface area contributed by atoms with Gasteiger partial charge in [-0.05, 0) is 25.8 Å². The van der Waals surface area contributed by atoms with Gasteiger partial charge in [-0.3, -0.25) is 4.79 Å². The van der Waals surface area contributed by atoms with Crippen LogP contribution in [0.1, 0.15) is 30.3 Å². The monoisotopic (exact) mass is 362 g/mol. The summed E-state index contributed by atoms with van der Waals surface area (Å²) in [6, 6.07) is 1.76. The molecule has 0 saturated carbocycles. The van der Waals surface area contributed by atoms with Crippen LogP contribution in [-0.2, 0) is 9.53 Å². The van der Waals surface area contributed by atoms with E-state index in [4.69, 9.17) is 4.74 Å². The van der Waals surface area contributed by atoms with E-state index in [2.05, 4.69) is 24.9 Å². The maximum Gasteiger partial charge on any atom is 0.362 e. The van der Waals surface area contributed by atoms with Gasteiger partial charge in [-0.2, -0.15) is 0 Å². The molecule has 0 radical (unpaired) electrons. The summed E-state index contributed by atoms with van der Waals surface area (Å²) in [6.45, 7) is 3.28. The Hall–Kier alpha value is -2.62. The maximum absolute atomic E-state index is 12.6. The molecule has 0 bridgehead atoms. The first-order chi connectivity index (χ1) is 12.2. The lowest BCUT2D eigenvalue weighted by Crippen LogP contribution is -2.41. The van der Waals surface area contributed by atoms with Crippen LogP contribution in [0.5, 0.6) is 0 Å². The lowest BCUT2D eigenvalue weighted by atomic mass is 9.97. The SMILES string of the molecule is CCOC(=O)c1nnsc1NC(=O)C1CCCN(c2ncccn2)C1. The van der Waals surface area contributed by atoms with Gasteiger partial charge in [0, 0.05) is 37.0 Å². The predicted molar refractivity (Wildman–Crippen MR) is 91.5 cm³/mol. The van der Waals surface area contributed by atoms with E-state index in [-0.39, 0.29) is 24.1 Å². The number of anilines is 2. The van der Waals surface area contributed by atoms with Gasteiger partial charge in [0.1, 0.15) is 0 Å². The molecule has 2 aromatic heterocycles. The summed E-state index contributed by atoms with van der Waals surface area (Å²) in [7, 11) is 0. The van der Waals surface area contributed by atoms with Crippen LogP contribution in [0.3, 0.4) is 0 Å². The number of esters is 1. The Morgan fingerprint density at radius 1 is 1.40 bits per heavy atom. The van der Waals surface area contributed by atoms with Crippen molar-refractivity contribution < 1.29 is 14.3 Å². The molecule has 2 aromatic rings. The van der Waals surface area contributed by atoms with Crippen LogP contribution in [0.2, 0.25) is 0 Å². The van der Waals surface area contributed by atoms with Crippen LogP contribution in [0.15, 0.2) is 18.5 Å². The fourth-order valence-electron chi connectivity index (χ4n) is 2.65. The normalized spacial score (nSPS) is 17.2. The molecule has 1 aliphatic rings. The highest BCUT2D eigenvalue weighted by Crippen LogP contribution is 2.24. The first-order valence-electron chi connectivity index (χ1n) is 8.01. The lowest BCUT2D eigenvalue weighted by Gasteiger charge is -2.31. The van der Waals surface area contributed by atoms with E-state index in [9.17, 15) is 9.59 Å². The van der Waals surface area contributed by atoms with E-state index >= 15 is 0 Å². The number of amides is 1. The number of ether oxygens (including phenoxy) is 1. The average molecular weight is 362 g/mol. The van der Waals surface area contributed by atoms with Crippen LogP contribution in [0.25, 0.3) is 0 Å². The number of nitrogens with one attached hydrogen (secondary N) is 1. The van der Waals surface area contributed by atoms with E-state index in [0.29, 0.717) is 17.5 Å². The zero-order valence-electron chi connectivity index (χ0n) is 13.7. The van der Waals surface area contributed by atoms with Crippen molar-refractivity contribution in [3.63, 3.8) is 0 Å². The van der Waals surface area contributed by atoms with Crippen LogP contribution in [0.4, 0.5) is 10.9 Å². The first kappa shape index (κ1) is 17.2. The fraction of sp³-hybridized carbons (Fsp3) is 0.467. The van der Waals surface area contributed by atoms with Crippen LogP contribution in [0, 0.1) is 5.92 Å². The second kappa shape index (κ2) is 7.97. The van der Waals surface area contributed by atoms with Gasteiger partial charge in [0.15, 0.2) is 5.00 Å². The van der Waals surface area contributed by atoms with Crippen molar-refractivity contribution in [3.8, 4) is 0 Å². The predicted octanol–water partition coefficient (Wildman–Crippen LogP) is 1.36. The summed E-state index contributed by atoms with van der Waals surface area (Å²) in [5, 5.41) is 6.82. The average Bonchev–Trinajstić information content (AvgIpc) is 3.11. The third-order valence-corrected chi connectivity index (χ3v) is 4.46. The van der Waals surface area contributed by atoms with Crippen LogP contribution < -0.4 is 10.2 Å². The van der Waals surface area contributed by atoms with Crippen molar-refractivity contribution in [1.29, 1.82) is 0 Å². The van der Waals surface area contributed by atoms with E-state index in [1.54, 1.807) is 25.4 Å². The summed E-state index contributed by atoms with van der Waals surface area (Å²) in [5.41, 5.74) is 0.0410. The molecule has 1 atom stereocenters. The Morgan fingerprint density at radius 2 is 2.20 bits per heavy atom. The topological polar surface area (TPSA) is 110 Å². The highest BCUT2D eigenvalue weighted by Gasteiger charge is 2.29. The number of hydrogen-bond acceptors (Lipinski definition) is 9. The van der Waals surface area contributed by atoms with Crippen molar-refractivity contribution in [2.45, 2.75) is 19.8 Å². The molecular weight excluding hydrogens is 344 g/mol. The van der Waals surface area contributed by atoms with Crippen molar-refractivity contribution in [3.05, 3.63) is 24.2 Å². The summed E-state index contributed by atoms with van der Waals surface area (Å²) >= 11 is 0.961. The minimum atomic E-state index is -0.588. The number of nitrogens with zero attached hydrogens (tertiary/aromatic N) is 5. The van der Waals surface area contributed by atoms with E-state index < -0.39 is 5.97 Å². The molecule has 1 aliphatic heterocycles. The molecule has 1 fully saturated rings. The third kappa shape index (κ3) is 4.08. The molecule has 10 heteroatoms.